The van der Waals surface area contributed by atoms with Gasteiger partial charge in [0.05, 0.1) is 0 Å². The highest BCUT2D eigenvalue weighted by Crippen LogP contribution is 2.21. The van der Waals surface area contributed by atoms with Crippen LogP contribution in [0.5, 0.6) is 0 Å². The van der Waals surface area contributed by atoms with Crippen LogP contribution in [0.3, 0.4) is 0 Å². The van der Waals surface area contributed by atoms with E-state index in [9.17, 15) is 0 Å². The van der Waals surface area contributed by atoms with Crippen LogP contribution >= 0.6 is 0 Å². The van der Waals surface area contributed by atoms with Crippen LogP contribution in [0.4, 0.5) is 5.95 Å². The molecule has 18 heavy (non-hydrogen) atoms. The van der Waals surface area contributed by atoms with Gasteiger partial charge >= 0.3 is 0 Å². The maximum atomic E-state index is 4.46. The summed E-state index contributed by atoms with van der Waals surface area (Å²) in [5.74, 6) is 1.04. The Hall–Kier alpha value is -1.03. The van der Waals surface area contributed by atoms with E-state index in [1.54, 1.807) is 0 Å². The van der Waals surface area contributed by atoms with Gasteiger partial charge in [0.1, 0.15) is 0 Å². The summed E-state index contributed by atoms with van der Waals surface area (Å²) >= 11 is 0. The van der Waals surface area contributed by atoms with Crippen LogP contribution in [0.25, 0.3) is 0 Å². The molecule has 1 atom stereocenters. The number of nitrogens with zero attached hydrogens (tertiary/aromatic N) is 3. The lowest BCUT2D eigenvalue weighted by Gasteiger charge is -2.25. The van der Waals surface area contributed by atoms with Crippen molar-refractivity contribution in [3.63, 3.8) is 0 Å². The van der Waals surface area contributed by atoms with E-state index in [2.05, 4.69) is 47.0 Å². The van der Waals surface area contributed by atoms with E-state index in [1.807, 2.05) is 6.20 Å². The molecule has 1 aromatic heterocycles. The Morgan fingerprint density at radius 3 is 2.78 bits per heavy atom. The molecule has 4 nitrogen and oxygen atoms in total. The van der Waals surface area contributed by atoms with Gasteiger partial charge in [0.25, 0.3) is 0 Å². The van der Waals surface area contributed by atoms with Gasteiger partial charge in [-0.2, -0.15) is 0 Å². The molecule has 0 saturated heterocycles. The Morgan fingerprint density at radius 2 is 2.11 bits per heavy atom. The van der Waals surface area contributed by atoms with Gasteiger partial charge in [-0.15, -0.1) is 0 Å². The molecule has 1 heterocycles. The third kappa shape index (κ3) is 3.48. The van der Waals surface area contributed by atoms with Crippen molar-refractivity contribution in [1.82, 2.24) is 14.5 Å². The number of aromatic nitrogens is 2. The molecule has 0 aliphatic heterocycles. The molecule has 1 saturated carbocycles. The first-order valence-corrected chi connectivity index (χ1v) is 7.11. The van der Waals surface area contributed by atoms with E-state index < -0.39 is 0 Å². The summed E-state index contributed by atoms with van der Waals surface area (Å²) in [6.07, 6.45) is 10.6. The number of imidazole rings is 1. The van der Waals surface area contributed by atoms with E-state index in [4.69, 9.17) is 0 Å². The lowest BCUT2D eigenvalue weighted by Crippen LogP contribution is -2.30. The maximum Gasteiger partial charge on any atom is 0.203 e. The number of rotatable bonds is 5. The Labute approximate surface area is 110 Å². The molecule has 1 unspecified atom stereocenters. The summed E-state index contributed by atoms with van der Waals surface area (Å²) in [4.78, 5) is 6.70. The van der Waals surface area contributed by atoms with Crippen molar-refractivity contribution in [3.8, 4) is 0 Å². The summed E-state index contributed by atoms with van der Waals surface area (Å²) in [5, 5.41) is 3.61. The molecule has 0 amide bonds. The second-order valence-corrected chi connectivity index (χ2v) is 5.70. The smallest absolute Gasteiger partial charge is 0.203 e. The molecule has 102 valence electrons. The Morgan fingerprint density at radius 1 is 1.39 bits per heavy atom. The van der Waals surface area contributed by atoms with E-state index in [-0.39, 0.29) is 0 Å². The van der Waals surface area contributed by atoms with Gasteiger partial charge in [0.15, 0.2) is 0 Å². The monoisotopic (exact) mass is 250 g/mol. The van der Waals surface area contributed by atoms with Crippen molar-refractivity contribution < 1.29 is 0 Å². The van der Waals surface area contributed by atoms with Gasteiger partial charge in [-0.05, 0) is 33.9 Å². The van der Waals surface area contributed by atoms with Gasteiger partial charge in [-0.1, -0.05) is 19.3 Å². The number of anilines is 1. The number of hydrogen-bond donors (Lipinski definition) is 1. The van der Waals surface area contributed by atoms with Crippen LogP contribution in [-0.2, 0) is 6.54 Å². The van der Waals surface area contributed by atoms with Crippen LogP contribution in [-0.4, -0.2) is 40.6 Å². The van der Waals surface area contributed by atoms with Crippen LogP contribution < -0.4 is 5.32 Å². The molecule has 1 fully saturated rings. The first-order valence-electron chi connectivity index (χ1n) is 7.11. The van der Waals surface area contributed by atoms with Crippen LogP contribution in [0, 0.1) is 0 Å². The zero-order valence-electron chi connectivity index (χ0n) is 11.9. The minimum Gasteiger partial charge on any atom is -0.353 e. The summed E-state index contributed by atoms with van der Waals surface area (Å²) in [6.45, 7) is 3.23. The van der Waals surface area contributed by atoms with Crippen LogP contribution in [0.15, 0.2) is 12.4 Å². The molecule has 0 bridgehead atoms. The van der Waals surface area contributed by atoms with E-state index in [0.29, 0.717) is 12.1 Å². The molecule has 4 heteroatoms. The van der Waals surface area contributed by atoms with Crippen LogP contribution in [0.2, 0.25) is 0 Å². The number of hydrogen-bond acceptors (Lipinski definition) is 3. The minimum absolute atomic E-state index is 0.520. The molecule has 1 N–H and O–H groups in total. The van der Waals surface area contributed by atoms with Gasteiger partial charge in [-0.25, -0.2) is 4.98 Å². The Balaban J connectivity index is 1.94. The summed E-state index contributed by atoms with van der Waals surface area (Å²) in [7, 11) is 4.24. The average molecular weight is 250 g/mol. The minimum atomic E-state index is 0.520. The lowest BCUT2D eigenvalue weighted by molar-refractivity contribution is 0.284. The topological polar surface area (TPSA) is 33.1 Å². The van der Waals surface area contributed by atoms with Crippen molar-refractivity contribution in [2.75, 3.05) is 19.4 Å². The molecule has 2 rings (SSSR count). The highest BCUT2D eigenvalue weighted by Gasteiger charge is 2.16. The molecular weight excluding hydrogens is 224 g/mol. The largest absolute Gasteiger partial charge is 0.353 e. The van der Waals surface area contributed by atoms with Gasteiger partial charge in [0, 0.05) is 31.0 Å². The Bertz CT molecular complexity index is 352. The standard InChI is InChI=1S/C14H26N4/c1-12(17(2)3)11-18-10-9-15-14(18)16-13-7-5-4-6-8-13/h9-10,12-13H,4-8,11H2,1-3H3,(H,15,16). The fraction of sp³-hybridized carbons (Fsp3) is 0.786. The van der Waals surface area contributed by atoms with Crippen molar-refractivity contribution in [1.29, 1.82) is 0 Å². The lowest BCUT2D eigenvalue weighted by atomic mass is 9.96. The van der Waals surface area contributed by atoms with E-state index in [1.165, 1.54) is 32.1 Å². The molecule has 0 spiro atoms. The predicted octanol–water partition coefficient (Wildman–Crippen LogP) is 2.58. The summed E-state index contributed by atoms with van der Waals surface area (Å²) in [5.41, 5.74) is 0. The number of likely N-dealkylation sites (N-methyl/N-ethyl adjacent to an activating group) is 1. The Kier molecular flexibility index (Phi) is 4.64. The van der Waals surface area contributed by atoms with Gasteiger partial charge < -0.3 is 14.8 Å². The van der Waals surface area contributed by atoms with Crippen LogP contribution in [0.1, 0.15) is 39.0 Å². The molecule has 0 aromatic carbocycles. The zero-order valence-corrected chi connectivity index (χ0v) is 11.9. The molecular formula is C14H26N4. The molecule has 0 radical (unpaired) electrons. The molecule has 1 aliphatic carbocycles. The summed E-state index contributed by atoms with van der Waals surface area (Å²) < 4.78 is 2.24. The number of nitrogens with one attached hydrogen (secondary N) is 1. The highest BCUT2D eigenvalue weighted by molar-refractivity contribution is 5.27. The average Bonchev–Trinajstić information content (AvgIpc) is 2.78. The second-order valence-electron chi connectivity index (χ2n) is 5.70. The second kappa shape index (κ2) is 6.23. The van der Waals surface area contributed by atoms with Crippen molar-refractivity contribution in [3.05, 3.63) is 12.4 Å². The first kappa shape index (κ1) is 13.4. The van der Waals surface area contributed by atoms with Crippen molar-refractivity contribution >= 4 is 5.95 Å². The normalized spacial score (nSPS) is 19.1. The van der Waals surface area contributed by atoms with Gasteiger partial charge in [0.2, 0.25) is 5.95 Å². The maximum absolute atomic E-state index is 4.46. The third-order valence-electron chi connectivity index (χ3n) is 4.00. The van der Waals surface area contributed by atoms with Crippen molar-refractivity contribution in [2.24, 2.45) is 0 Å². The molecule has 1 aromatic rings. The first-order chi connectivity index (χ1) is 8.66. The van der Waals surface area contributed by atoms with E-state index >= 15 is 0 Å². The van der Waals surface area contributed by atoms with Crippen molar-refractivity contribution in [2.45, 2.75) is 57.7 Å². The third-order valence-corrected chi connectivity index (χ3v) is 4.00. The fourth-order valence-electron chi connectivity index (χ4n) is 2.47. The zero-order chi connectivity index (χ0) is 13.0. The SMILES string of the molecule is CC(Cn1ccnc1NC1CCCCC1)N(C)C. The highest BCUT2D eigenvalue weighted by atomic mass is 15.2. The quantitative estimate of drug-likeness (QED) is 0.872. The fourth-order valence-corrected chi connectivity index (χ4v) is 2.47. The van der Waals surface area contributed by atoms with E-state index in [0.717, 1.165) is 12.5 Å². The van der Waals surface area contributed by atoms with Gasteiger partial charge in [-0.3, -0.25) is 0 Å². The predicted molar refractivity (Wildman–Crippen MR) is 75.9 cm³/mol. The molecule has 1 aliphatic rings. The summed E-state index contributed by atoms with van der Waals surface area (Å²) in [6, 6.07) is 1.14.